The van der Waals surface area contributed by atoms with Gasteiger partial charge in [0.25, 0.3) is 0 Å². The summed E-state index contributed by atoms with van der Waals surface area (Å²) in [7, 11) is 0. The minimum atomic E-state index is -0.162. The van der Waals surface area contributed by atoms with Gasteiger partial charge in [0, 0.05) is 16.8 Å². The maximum Gasteiger partial charge on any atom is 0.0426 e. The molecule has 0 radical (unpaired) electrons. The normalized spacial score (nSPS) is 15.0. The Morgan fingerprint density at radius 1 is 0.386 bits per heavy atom. The molecule has 232 valence electrons. The van der Waals surface area contributed by atoms with Gasteiger partial charge in [-0.1, -0.05) is 145 Å². The topological polar surface area (TPSA) is 12.0 Å². The van der Waals surface area contributed by atoms with Gasteiger partial charge in [-0.25, -0.2) is 0 Å². The lowest BCUT2D eigenvalue weighted by Crippen LogP contribution is -2.26. The SMILES string of the molecule is CC(C)(C)c1cc(-c2ccc3c(c2)C(C)(C)c2cc(-c4cc(C(C)(C)C)cc(C(C)(C)C)c4)ccc2N3)cc(C(C)(C)C)c1. The first-order valence-electron chi connectivity index (χ1n) is 16.4. The Balaban J connectivity index is 1.63. The Kier molecular flexibility index (Phi) is 7.56. The van der Waals surface area contributed by atoms with Crippen LogP contribution in [0.1, 0.15) is 130 Å². The van der Waals surface area contributed by atoms with Crippen LogP contribution < -0.4 is 5.32 Å². The molecule has 4 aromatic carbocycles. The largest absolute Gasteiger partial charge is 0.355 e. The van der Waals surface area contributed by atoms with E-state index in [2.05, 4.69) is 175 Å². The molecule has 0 aromatic heterocycles. The molecule has 0 amide bonds. The molecular formula is C43H55N. The van der Waals surface area contributed by atoms with Crippen molar-refractivity contribution in [2.45, 2.75) is 124 Å². The average Bonchev–Trinajstić information content (AvgIpc) is 2.90. The first kappa shape index (κ1) is 32.1. The van der Waals surface area contributed by atoms with Crippen LogP contribution in [0.4, 0.5) is 11.4 Å². The highest BCUT2D eigenvalue weighted by molar-refractivity contribution is 5.82. The van der Waals surface area contributed by atoms with E-state index in [9.17, 15) is 0 Å². The van der Waals surface area contributed by atoms with Crippen molar-refractivity contribution in [1.29, 1.82) is 0 Å². The van der Waals surface area contributed by atoms with E-state index < -0.39 is 0 Å². The quantitative estimate of drug-likeness (QED) is 0.247. The zero-order valence-corrected chi connectivity index (χ0v) is 29.9. The van der Waals surface area contributed by atoms with Crippen LogP contribution in [0.5, 0.6) is 0 Å². The Bertz CT molecular complexity index is 1530. The molecule has 0 spiro atoms. The highest BCUT2D eigenvalue weighted by Gasteiger charge is 2.34. The Morgan fingerprint density at radius 2 is 0.682 bits per heavy atom. The Labute approximate surface area is 268 Å². The number of hydrogen-bond donors (Lipinski definition) is 1. The lowest BCUT2D eigenvalue weighted by Gasteiger charge is -2.36. The molecule has 1 nitrogen and oxygen atoms in total. The summed E-state index contributed by atoms with van der Waals surface area (Å²) in [5.41, 5.74) is 16.0. The van der Waals surface area contributed by atoms with Crippen LogP contribution in [-0.4, -0.2) is 0 Å². The van der Waals surface area contributed by atoms with Crippen LogP contribution in [0, 0.1) is 0 Å². The molecule has 1 N–H and O–H groups in total. The Hall–Kier alpha value is -3.32. The summed E-state index contributed by atoms with van der Waals surface area (Å²) < 4.78 is 0. The molecule has 1 heterocycles. The van der Waals surface area contributed by atoms with Crippen molar-refractivity contribution in [2.24, 2.45) is 0 Å². The summed E-state index contributed by atoms with van der Waals surface area (Å²) in [5.74, 6) is 0. The summed E-state index contributed by atoms with van der Waals surface area (Å²) in [6.07, 6.45) is 0. The van der Waals surface area contributed by atoms with Gasteiger partial charge in [-0.2, -0.15) is 0 Å². The maximum absolute atomic E-state index is 3.80. The second-order valence-corrected chi connectivity index (χ2v) is 17.9. The lowest BCUT2D eigenvalue weighted by atomic mass is 9.72. The van der Waals surface area contributed by atoms with Gasteiger partial charge < -0.3 is 5.32 Å². The van der Waals surface area contributed by atoms with Crippen LogP contribution in [-0.2, 0) is 27.1 Å². The molecular weight excluding hydrogens is 530 g/mol. The van der Waals surface area contributed by atoms with Gasteiger partial charge in [-0.15, -0.1) is 0 Å². The van der Waals surface area contributed by atoms with Crippen LogP contribution in [0.3, 0.4) is 0 Å². The zero-order valence-electron chi connectivity index (χ0n) is 29.9. The molecule has 0 unspecified atom stereocenters. The van der Waals surface area contributed by atoms with E-state index in [1.54, 1.807) is 0 Å². The van der Waals surface area contributed by atoms with Gasteiger partial charge in [0.15, 0.2) is 0 Å². The van der Waals surface area contributed by atoms with Gasteiger partial charge in [-0.05, 0) is 102 Å². The van der Waals surface area contributed by atoms with Gasteiger partial charge in [0.2, 0.25) is 0 Å². The second kappa shape index (κ2) is 10.4. The summed E-state index contributed by atoms with van der Waals surface area (Å²) in [6.45, 7) is 32.5. The minimum absolute atomic E-state index is 0.0809. The third-order valence-electron chi connectivity index (χ3n) is 9.65. The summed E-state index contributed by atoms with van der Waals surface area (Å²) in [5, 5.41) is 3.80. The van der Waals surface area contributed by atoms with Gasteiger partial charge in [0.1, 0.15) is 0 Å². The van der Waals surface area contributed by atoms with Gasteiger partial charge >= 0.3 is 0 Å². The number of nitrogens with one attached hydrogen (secondary N) is 1. The predicted molar refractivity (Wildman–Crippen MR) is 194 cm³/mol. The molecule has 0 atom stereocenters. The molecule has 1 aliphatic rings. The van der Waals surface area contributed by atoms with E-state index in [-0.39, 0.29) is 27.1 Å². The molecule has 1 aliphatic heterocycles. The van der Waals surface area contributed by atoms with E-state index in [0.717, 1.165) is 0 Å². The van der Waals surface area contributed by atoms with Crippen LogP contribution in [0.25, 0.3) is 22.3 Å². The number of hydrogen-bond acceptors (Lipinski definition) is 1. The number of anilines is 2. The average molecular weight is 586 g/mol. The zero-order chi connectivity index (χ0) is 32.6. The van der Waals surface area contributed by atoms with Crippen molar-refractivity contribution >= 4 is 11.4 Å². The smallest absolute Gasteiger partial charge is 0.0426 e. The molecule has 0 bridgehead atoms. The molecule has 0 fully saturated rings. The number of rotatable bonds is 2. The number of benzene rings is 4. The van der Waals surface area contributed by atoms with Crippen molar-refractivity contribution in [2.75, 3.05) is 5.32 Å². The molecule has 0 saturated heterocycles. The monoisotopic (exact) mass is 585 g/mol. The molecule has 1 heteroatoms. The minimum Gasteiger partial charge on any atom is -0.355 e. The molecule has 0 saturated carbocycles. The third kappa shape index (κ3) is 6.13. The van der Waals surface area contributed by atoms with Gasteiger partial charge in [-0.3, -0.25) is 0 Å². The van der Waals surface area contributed by atoms with Crippen LogP contribution >= 0.6 is 0 Å². The molecule has 44 heavy (non-hydrogen) atoms. The predicted octanol–water partition coefficient (Wildman–Crippen LogP) is 12.6. The van der Waals surface area contributed by atoms with E-state index >= 15 is 0 Å². The fourth-order valence-corrected chi connectivity index (χ4v) is 6.31. The second-order valence-electron chi connectivity index (χ2n) is 17.9. The fraction of sp³-hybridized carbons (Fsp3) is 0.442. The Morgan fingerprint density at radius 3 is 0.955 bits per heavy atom. The molecule has 0 aliphatic carbocycles. The van der Waals surface area contributed by atoms with Crippen LogP contribution in [0.15, 0.2) is 72.8 Å². The van der Waals surface area contributed by atoms with Crippen LogP contribution in [0.2, 0.25) is 0 Å². The standard InChI is InChI=1S/C43H55N/c1-39(2,3)31-19-29(20-32(25-31)40(4,5)6)27-15-17-37-35(23-27)43(13,14)36-24-28(16-18-38(36)44-37)30-21-33(41(7,8)9)26-34(22-30)42(10,11)12/h15-26,44H,1-14H3. The van der Waals surface area contributed by atoms with E-state index in [0.29, 0.717) is 0 Å². The summed E-state index contributed by atoms with van der Waals surface area (Å²) in [4.78, 5) is 0. The maximum atomic E-state index is 3.80. The van der Waals surface area contributed by atoms with Crippen molar-refractivity contribution in [3.8, 4) is 22.3 Å². The molecule has 5 rings (SSSR count). The summed E-state index contributed by atoms with van der Waals surface area (Å²) >= 11 is 0. The van der Waals surface area contributed by atoms with E-state index in [1.165, 1.54) is 67.0 Å². The van der Waals surface area contributed by atoms with Crippen molar-refractivity contribution in [1.82, 2.24) is 0 Å². The fourth-order valence-electron chi connectivity index (χ4n) is 6.31. The summed E-state index contributed by atoms with van der Waals surface area (Å²) in [6, 6.07) is 28.5. The number of fused-ring (bicyclic) bond motifs is 2. The van der Waals surface area contributed by atoms with Gasteiger partial charge in [0.05, 0.1) is 0 Å². The van der Waals surface area contributed by atoms with E-state index in [4.69, 9.17) is 0 Å². The highest BCUT2D eigenvalue weighted by atomic mass is 14.9. The first-order valence-corrected chi connectivity index (χ1v) is 16.4. The van der Waals surface area contributed by atoms with E-state index in [1.807, 2.05) is 0 Å². The molecule has 4 aromatic rings. The lowest BCUT2D eigenvalue weighted by molar-refractivity contribution is 0.568. The highest BCUT2D eigenvalue weighted by Crippen LogP contribution is 2.48. The van der Waals surface area contributed by atoms with Crippen molar-refractivity contribution in [3.63, 3.8) is 0 Å². The first-order chi connectivity index (χ1) is 20.0. The van der Waals surface area contributed by atoms with Crippen molar-refractivity contribution in [3.05, 3.63) is 106 Å². The third-order valence-corrected chi connectivity index (χ3v) is 9.65. The van der Waals surface area contributed by atoms with Crippen molar-refractivity contribution < 1.29 is 0 Å².